The number of imidazole rings is 1. The highest BCUT2D eigenvalue weighted by molar-refractivity contribution is 7.15. The zero-order valence-electron chi connectivity index (χ0n) is 11.7. The molecule has 2 bridgehead atoms. The molecule has 2 heterocycles. The molecule has 2 aliphatic carbocycles. The van der Waals surface area contributed by atoms with Crippen LogP contribution in [0.1, 0.15) is 37.8 Å². The SMILES string of the molecule is NNC(Cc1cn2ccsc2n1)CC1CC2CCC1C2. The van der Waals surface area contributed by atoms with Crippen molar-refractivity contribution < 1.29 is 0 Å². The van der Waals surface area contributed by atoms with Crippen molar-refractivity contribution >= 4 is 16.3 Å². The monoisotopic (exact) mass is 290 g/mol. The van der Waals surface area contributed by atoms with Crippen LogP contribution < -0.4 is 11.3 Å². The first-order valence-electron chi connectivity index (χ1n) is 7.69. The normalized spacial score (nSPS) is 30.4. The Hall–Kier alpha value is -0.910. The maximum absolute atomic E-state index is 5.78. The molecule has 2 fully saturated rings. The Balaban J connectivity index is 1.41. The third-order valence-electron chi connectivity index (χ3n) is 5.31. The quantitative estimate of drug-likeness (QED) is 0.657. The lowest BCUT2D eigenvalue weighted by molar-refractivity contribution is 0.277. The van der Waals surface area contributed by atoms with Crippen LogP contribution in [0, 0.1) is 17.8 Å². The summed E-state index contributed by atoms with van der Waals surface area (Å²) in [5.41, 5.74) is 4.18. The van der Waals surface area contributed by atoms with Crippen LogP contribution in [0.15, 0.2) is 17.8 Å². The molecule has 2 aromatic rings. The second-order valence-corrected chi connectivity index (χ2v) is 7.44. The average Bonchev–Trinajstić information content (AvgIpc) is 3.17. The number of fused-ring (bicyclic) bond motifs is 3. The molecule has 3 N–H and O–H groups in total. The summed E-state index contributed by atoms with van der Waals surface area (Å²) in [6, 6.07) is 0.365. The van der Waals surface area contributed by atoms with Crippen molar-refractivity contribution in [1.29, 1.82) is 0 Å². The first-order chi connectivity index (χ1) is 9.81. The zero-order chi connectivity index (χ0) is 13.5. The van der Waals surface area contributed by atoms with Gasteiger partial charge in [-0.05, 0) is 43.4 Å². The van der Waals surface area contributed by atoms with E-state index in [-0.39, 0.29) is 0 Å². The standard InChI is InChI=1S/C15H22N4S/c16-18-13(7-12-6-10-1-2-11(12)5-10)8-14-9-19-3-4-20-15(19)17-14/h3-4,9-13,18H,1-2,5-8,16H2. The van der Waals surface area contributed by atoms with E-state index in [1.54, 1.807) is 11.3 Å². The van der Waals surface area contributed by atoms with Crippen LogP contribution in [0.25, 0.3) is 4.96 Å². The van der Waals surface area contributed by atoms with Crippen LogP contribution in [0.4, 0.5) is 0 Å². The van der Waals surface area contributed by atoms with Crippen LogP contribution in [0.3, 0.4) is 0 Å². The van der Waals surface area contributed by atoms with Gasteiger partial charge in [0, 0.05) is 30.2 Å². The van der Waals surface area contributed by atoms with Crippen LogP contribution in [-0.4, -0.2) is 15.4 Å². The van der Waals surface area contributed by atoms with E-state index in [0.29, 0.717) is 6.04 Å². The molecule has 0 spiro atoms. The summed E-state index contributed by atoms with van der Waals surface area (Å²) in [4.78, 5) is 5.75. The number of hydrogen-bond acceptors (Lipinski definition) is 4. The van der Waals surface area contributed by atoms with Gasteiger partial charge in [-0.3, -0.25) is 15.7 Å². The fourth-order valence-electron chi connectivity index (χ4n) is 4.37. The molecule has 4 atom stereocenters. The van der Waals surface area contributed by atoms with E-state index >= 15 is 0 Å². The Morgan fingerprint density at radius 2 is 2.40 bits per heavy atom. The van der Waals surface area contributed by atoms with Gasteiger partial charge < -0.3 is 0 Å². The number of hydrazine groups is 1. The molecule has 0 saturated heterocycles. The average molecular weight is 290 g/mol. The maximum Gasteiger partial charge on any atom is 0.193 e. The number of nitrogens with two attached hydrogens (primary N) is 1. The summed E-state index contributed by atoms with van der Waals surface area (Å²) in [5.74, 6) is 8.66. The van der Waals surface area contributed by atoms with E-state index in [1.165, 1.54) is 32.1 Å². The Morgan fingerprint density at radius 3 is 3.10 bits per heavy atom. The smallest absolute Gasteiger partial charge is 0.193 e. The highest BCUT2D eigenvalue weighted by atomic mass is 32.1. The van der Waals surface area contributed by atoms with Crippen molar-refractivity contribution in [3.63, 3.8) is 0 Å². The highest BCUT2D eigenvalue weighted by Crippen LogP contribution is 2.49. The fourth-order valence-corrected chi connectivity index (χ4v) is 5.09. The first-order valence-corrected chi connectivity index (χ1v) is 8.57. The third-order valence-corrected chi connectivity index (χ3v) is 6.08. The minimum absolute atomic E-state index is 0.365. The van der Waals surface area contributed by atoms with Crippen molar-refractivity contribution in [2.45, 2.75) is 44.6 Å². The van der Waals surface area contributed by atoms with Gasteiger partial charge in [0.1, 0.15) is 0 Å². The predicted octanol–water partition coefficient (Wildman–Crippen LogP) is 2.60. The Bertz CT molecular complexity index is 561. The largest absolute Gasteiger partial charge is 0.297 e. The van der Waals surface area contributed by atoms with Crippen molar-refractivity contribution in [1.82, 2.24) is 14.8 Å². The van der Waals surface area contributed by atoms with Gasteiger partial charge in [0.15, 0.2) is 4.96 Å². The number of rotatable bonds is 5. The molecular weight excluding hydrogens is 268 g/mol. The van der Waals surface area contributed by atoms with Gasteiger partial charge in [-0.25, -0.2) is 4.98 Å². The summed E-state index contributed by atoms with van der Waals surface area (Å²) >= 11 is 1.69. The van der Waals surface area contributed by atoms with Crippen molar-refractivity contribution in [3.05, 3.63) is 23.5 Å². The first kappa shape index (κ1) is 12.8. The topological polar surface area (TPSA) is 55.3 Å². The van der Waals surface area contributed by atoms with Crippen LogP contribution in [-0.2, 0) is 6.42 Å². The highest BCUT2D eigenvalue weighted by Gasteiger charge is 2.40. The summed E-state index contributed by atoms with van der Waals surface area (Å²) < 4.78 is 2.10. The molecule has 0 aromatic carbocycles. The summed E-state index contributed by atoms with van der Waals surface area (Å²) in [5, 5.41) is 2.07. The Labute approximate surface area is 123 Å². The zero-order valence-corrected chi connectivity index (χ0v) is 12.5. The maximum atomic E-state index is 5.78. The second-order valence-electron chi connectivity index (χ2n) is 6.56. The van der Waals surface area contributed by atoms with Gasteiger partial charge in [-0.15, -0.1) is 11.3 Å². The minimum atomic E-state index is 0.365. The molecule has 0 radical (unpaired) electrons. The molecule has 2 saturated carbocycles. The molecular formula is C15H22N4S. The van der Waals surface area contributed by atoms with Gasteiger partial charge in [0.05, 0.1) is 5.69 Å². The van der Waals surface area contributed by atoms with E-state index in [0.717, 1.165) is 34.8 Å². The minimum Gasteiger partial charge on any atom is -0.297 e. The molecule has 2 aliphatic rings. The molecule has 0 amide bonds. The van der Waals surface area contributed by atoms with E-state index in [4.69, 9.17) is 5.84 Å². The lowest BCUT2D eigenvalue weighted by atomic mass is 9.83. The number of nitrogens with zero attached hydrogens (tertiary/aromatic N) is 2. The van der Waals surface area contributed by atoms with Crippen LogP contribution >= 0.6 is 11.3 Å². The molecule has 4 rings (SSSR count). The van der Waals surface area contributed by atoms with Gasteiger partial charge in [0.25, 0.3) is 0 Å². The predicted molar refractivity (Wildman–Crippen MR) is 81.4 cm³/mol. The fraction of sp³-hybridized carbons (Fsp3) is 0.667. The van der Waals surface area contributed by atoms with E-state index < -0.39 is 0 Å². The van der Waals surface area contributed by atoms with Crippen molar-refractivity contribution in [2.75, 3.05) is 0 Å². The van der Waals surface area contributed by atoms with E-state index in [2.05, 4.69) is 32.6 Å². The van der Waals surface area contributed by atoms with Gasteiger partial charge >= 0.3 is 0 Å². The van der Waals surface area contributed by atoms with Gasteiger partial charge in [-0.1, -0.05) is 6.42 Å². The number of nitrogens with one attached hydrogen (secondary N) is 1. The van der Waals surface area contributed by atoms with E-state index in [1.807, 2.05) is 0 Å². The molecule has 20 heavy (non-hydrogen) atoms. The van der Waals surface area contributed by atoms with Crippen molar-refractivity contribution in [2.24, 2.45) is 23.6 Å². The summed E-state index contributed by atoms with van der Waals surface area (Å²) in [6.45, 7) is 0. The number of hydrogen-bond donors (Lipinski definition) is 2. The Kier molecular flexibility index (Phi) is 3.28. The lowest BCUT2D eigenvalue weighted by Gasteiger charge is -2.26. The van der Waals surface area contributed by atoms with Crippen LogP contribution in [0.5, 0.6) is 0 Å². The molecule has 4 unspecified atom stereocenters. The molecule has 4 nitrogen and oxygen atoms in total. The molecule has 108 valence electrons. The summed E-state index contributed by atoms with van der Waals surface area (Å²) in [7, 11) is 0. The van der Waals surface area contributed by atoms with Crippen molar-refractivity contribution in [3.8, 4) is 0 Å². The second kappa shape index (κ2) is 5.13. The summed E-state index contributed by atoms with van der Waals surface area (Å²) in [6.07, 6.45) is 12.2. The van der Waals surface area contributed by atoms with Crippen LogP contribution in [0.2, 0.25) is 0 Å². The number of thiazole rings is 1. The van der Waals surface area contributed by atoms with Gasteiger partial charge in [-0.2, -0.15) is 0 Å². The molecule has 5 heteroatoms. The molecule has 2 aromatic heterocycles. The Morgan fingerprint density at radius 1 is 1.45 bits per heavy atom. The molecule has 0 aliphatic heterocycles. The lowest BCUT2D eigenvalue weighted by Crippen LogP contribution is -2.39. The number of aromatic nitrogens is 2. The van der Waals surface area contributed by atoms with Gasteiger partial charge in [0.2, 0.25) is 0 Å². The third kappa shape index (κ3) is 2.28. The van der Waals surface area contributed by atoms with E-state index in [9.17, 15) is 0 Å².